The molecular formula is C23H26Cl2N2O. The van der Waals surface area contributed by atoms with Crippen molar-refractivity contribution in [3.05, 3.63) is 69.7 Å². The van der Waals surface area contributed by atoms with Gasteiger partial charge in [0.15, 0.2) is 0 Å². The number of halogens is 2. The van der Waals surface area contributed by atoms with Crippen LogP contribution in [-0.2, 0) is 4.79 Å². The lowest BCUT2D eigenvalue weighted by Crippen LogP contribution is -2.32. The first kappa shape index (κ1) is 20.8. The van der Waals surface area contributed by atoms with Gasteiger partial charge in [0.2, 0.25) is 5.91 Å². The molecule has 0 aliphatic carbocycles. The van der Waals surface area contributed by atoms with Gasteiger partial charge in [0.1, 0.15) is 0 Å². The van der Waals surface area contributed by atoms with Crippen LogP contribution in [0, 0.1) is 5.92 Å². The molecule has 1 amide bonds. The van der Waals surface area contributed by atoms with Crippen LogP contribution in [0.25, 0.3) is 6.08 Å². The standard InChI is InChI=1S/C23H26Cl2N2O/c1-16-11-13-27(14-12-16)21-8-4-18(5-9-21)17(2)26-23(28)10-6-19-3-7-20(24)15-22(19)25/h3-10,15-17H,11-14H2,1-2H3,(H,26,28)/b10-6+/t17-/m0/s1. The number of anilines is 1. The van der Waals surface area contributed by atoms with Crippen molar-refractivity contribution in [2.75, 3.05) is 18.0 Å². The molecule has 3 rings (SSSR count). The van der Waals surface area contributed by atoms with Crippen molar-refractivity contribution in [3.8, 4) is 0 Å². The number of hydrogen-bond acceptors (Lipinski definition) is 2. The summed E-state index contributed by atoms with van der Waals surface area (Å²) in [6.07, 6.45) is 5.69. The maximum absolute atomic E-state index is 12.2. The molecule has 1 aliphatic rings. The Morgan fingerprint density at radius 1 is 1.14 bits per heavy atom. The van der Waals surface area contributed by atoms with Gasteiger partial charge >= 0.3 is 0 Å². The molecule has 2 aromatic rings. The van der Waals surface area contributed by atoms with Crippen molar-refractivity contribution in [3.63, 3.8) is 0 Å². The van der Waals surface area contributed by atoms with E-state index in [1.807, 2.05) is 6.92 Å². The van der Waals surface area contributed by atoms with Crippen LogP contribution >= 0.6 is 23.2 Å². The van der Waals surface area contributed by atoms with Crippen LogP contribution in [0.3, 0.4) is 0 Å². The Kier molecular flexibility index (Phi) is 7.03. The highest BCUT2D eigenvalue weighted by Crippen LogP contribution is 2.25. The molecule has 28 heavy (non-hydrogen) atoms. The molecule has 0 radical (unpaired) electrons. The highest BCUT2D eigenvalue weighted by atomic mass is 35.5. The predicted molar refractivity (Wildman–Crippen MR) is 119 cm³/mol. The van der Waals surface area contributed by atoms with E-state index in [2.05, 4.69) is 41.4 Å². The van der Waals surface area contributed by atoms with Crippen molar-refractivity contribution in [1.29, 1.82) is 0 Å². The van der Waals surface area contributed by atoms with Crippen molar-refractivity contribution in [1.82, 2.24) is 5.32 Å². The number of amides is 1. The Bertz CT molecular complexity index is 840. The fourth-order valence-electron chi connectivity index (χ4n) is 3.39. The number of carbonyl (C=O) groups is 1. The SMILES string of the molecule is CC1CCN(c2ccc([C@H](C)NC(=O)/C=C/c3ccc(Cl)cc3Cl)cc2)CC1. The van der Waals surface area contributed by atoms with Crippen LogP contribution in [0.2, 0.25) is 10.0 Å². The minimum absolute atomic E-state index is 0.0757. The van der Waals surface area contributed by atoms with E-state index in [1.54, 1.807) is 24.3 Å². The lowest BCUT2D eigenvalue weighted by molar-refractivity contribution is -0.117. The summed E-state index contributed by atoms with van der Waals surface area (Å²) >= 11 is 12.0. The Morgan fingerprint density at radius 2 is 1.82 bits per heavy atom. The zero-order valence-electron chi connectivity index (χ0n) is 16.3. The molecule has 1 fully saturated rings. The third kappa shape index (κ3) is 5.52. The van der Waals surface area contributed by atoms with E-state index in [-0.39, 0.29) is 11.9 Å². The van der Waals surface area contributed by atoms with Crippen LogP contribution in [0.15, 0.2) is 48.5 Å². The first-order valence-corrected chi connectivity index (χ1v) is 10.5. The van der Waals surface area contributed by atoms with Gasteiger partial charge < -0.3 is 10.2 Å². The summed E-state index contributed by atoms with van der Waals surface area (Å²) < 4.78 is 0. The molecular weight excluding hydrogens is 391 g/mol. The van der Waals surface area contributed by atoms with E-state index in [4.69, 9.17) is 23.2 Å². The second-order valence-electron chi connectivity index (χ2n) is 7.49. The lowest BCUT2D eigenvalue weighted by Gasteiger charge is -2.32. The summed E-state index contributed by atoms with van der Waals surface area (Å²) in [7, 11) is 0. The minimum atomic E-state index is -0.160. The molecule has 0 bridgehead atoms. The third-order valence-electron chi connectivity index (χ3n) is 5.28. The predicted octanol–water partition coefficient (Wildman–Crippen LogP) is 6.12. The average molecular weight is 417 g/mol. The van der Waals surface area contributed by atoms with Gasteiger partial charge in [-0.05, 0) is 67.2 Å². The topological polar surface area (TPSA) is 32.3 Å². The van der Waals surface area contributed by atoms with Crippen LogP contribution in [-0.4, -0.2) is 19.0 Å². The molecule has 0 spiro atoms. The number of benzene rings is 2. The number of nitrogens with one attached hydrogen (secondary N) is 1. The van der Waals surface area contributed by atoms with Gasteiger partial charge in [-0.25, -0.2) is 0 Å². The summed E-state index contributed by atoms with van der Waals surface area (Å²) in [6, 6.07) is 13.6. The quantitative estimate of drug-likeness (QED) is 0.595. The second kappa shape index (κ2) is 9.49. The van der Waals surface area contributed by atoms with E-state index in [0.29, 0.717) is 10.0 Å². The zero-order valence-corrected chi connectivity index (χ0v) is 17.8. The van der Waals surface area contributed by atoms with Crippen molar-refractivity contribution < 1.29 is 4.79 Å². The second-order valence-corrected chi connectivity index (χ2v) is 8.33. The molecule has 0 saturated carbocycles. The Morgan fingerprint density at radius 3 is 2.46 bits per heavy atom. The van der Waals surface area contributed by atoms with Gasteiger partial charge in [0, 0.05) is 34.9 Å². The van der Waals surface area contributed by atoms with Crippen molar-refractivity contribution in [2.45, 2.75) is 32.7 Å². The minimum Gasteiger partial charge on any atom is -0.372 e. The molecule has 1 heterocycles. The van der Waals surface area contributed by atoms with Crippen LogP contribution in [0.5, 0.6) is 0 Å². The molecule has 2 aromatic carbocycles. The molecule has 1 aliphatic heterocycles. The molecule has 148 valence electrons. The van der Waals surface area contributed by atoms with Crippen molar-refractivity contribution in [2.24, 2.45) is 5.92 Å². The average Bonchev–Trinajstić information content (AvgIpc) is 2.68. The fraction of sp³-hybridized carbons (Fsp3) is 0.348. The molecule has 1 N–H and O–H groups in total. The van der Waals surface area contributed by atoms with E-state index in [9.17, 15) is 4.79 Å². The Labute approximate surface area is 177 Å². The van der Waals surface area contributed by atoms with Gasteiger partial charge in [-0.1, -0.05) is 48.3 Å². The summed E-state index contributed by atoms with van der Waals surface area (Å²) in [5, 5.41) is 4.09. The maximum atomic E-state index is 12.2. The molecule has 0 aromatic heterocycles. The summed E-state index contributed by atoms with van der Waals surface area (Å²) in [5.41, 5.74) is 3.10. The highest BCUT2D eigenvalue weighted by molar-refractivity contribution is 6.35. The van der Waals surface area contributed by atoms with Crippen LogP contribution < -0.4 is 10.2 Å². The Hall–Kier alpha value is -1.97. The van der Waals surface area contributed by atoms with Gasteiger partial charge in [0.25, 0.3) is 0 Å². The molecule has 0 unspecified atom stereocenters. The number of carbonyl (C=O) groups excluding carboxylic acids is 1. The van der Waals surface area contributed by atoms with Crippen LogP contribution in [0.4, 0.5) is 5.69 Å². The summed E-state index contributed by atoms with van der Waals surface area (Å²) in [5.74, 6) is 0.661. The van der Waals surface area contributed by atoms with Crippen molar-refractivity contribution >= 4 is 40.9 Å². The summed E-state index contributed by atoms with van der Waals surface area (Å²) in [6.45, 7) is 6.54. The maximum Gasteiger partial charge on any atom is 0.244 e. The van der Waals surface area contributed by atoms with E-state index in [1.165, 1.54) is 24.6 Å². The van der Waals surface area contributed by atoms with E-state index >= 15 is 0 Å². The first-order valence-electron chi connectivity index (χ1n) is 9.71. The normalized spacial score (nSPS) is 16.4. The largest absolute Gasteiger partial charge is 0.372 e. The number of rotatable bonds is 5. The number of nitrogens with zero attached hydrogens (tertiary/aromatic N) is 1. The zero-order chi connectivity index (χ0) is 20.1. The fourth-order valence-corrected chi connectivity index (χ4v) is 3.86. The van der Waals surface area contributed by atoms with Crippen LogP contribution in [0.1, 0.15) is 43.9 Å². The molecule has 1 saturated heterocycles. The van der Waals surface area contributed by atoms with Gasteiger partial charge in [-0.2, -0.15) is 0 Å². The number of hydrogen-bond donors (Lipinski definition) is 1. The molecule has 3 nitrogen and oxygen atoms in total. The molecule has 5 heteroatoms. The first-order chi connectivity index (χ1) is 13.4. The van der Waals surface area contributed by atoms with E-state index < -0.39 is 0 Å². The van der Waals surface area contributed by atoms with E-state index in [0.717, 1.165) is 30.1 Å². The monoisotopic (exact) mass is 416 g/mol. The highest BCUT2D eigenvalue weighted by Gasteiger charge is 2.16. The molecule has 1 atom stereocenters. The lowest BCUT2D eigenvalue weighted by atomic mass is 9.98. The van der Waals surface area contributed by atoms with Gasteiger partial charge in [-0.15, -0.1) is 0 Å². The van der Waals surface area contributed by atoms with Gasteiger partial charge in [-0.3, -0.25) is 4.79 Å². The third-order valence-corrected chi connectivity index (χ3v) is 5.84. The summed E-state index contributed by atoms with van der Waals surface area (Å²) in [4.78, 5) is 14.7. The van der Waals surface area contributed by atoms with Gasteiger partial charge in [0.05, 0.1) is 6.04 Å². The smallest absolute Gasteiger partial charge is 0.244 e. The number of piperidine rings is 1. The Balaban J connectivity index is 1.57.